The lowest BCUT2D eigenvalue weighted by Crippen LogP contribution is -2.54. The van der Waals surface area contributed by atoms with Gasteiger partial charge >= 0.3 is 0 Å². The SMILES string of the molecule is CC1(c2ccccc2)CC(C)(C)N2C(=O)/C(=C3/SC(N)=NC3=O)c3cccc1c32. The van der Waals surface area contributed by atoms with E-state index < -0.39 is 11.4 Å². The van der Waals surface area contributed by atoms with Crippen LogP contribution in [-0.2, 0) is 15.0 Å². The number of carbonyl (C=O) groups excluding carboxylic acids is 2. The highest BCUT2D eigenvalue weighted by atomic mass is 32.2. The van der Waals surface area contributed by atoms with Gasteiger partial charge in [0.25, 0.3) is 11.8 Å². The standard InChI is InChI=1S/C23H21N3O2S/c1-22(2)12-23(3,13-8-5-4-6-9-13)15-11-7-10-14-16(20(28)26(22)17(14)15)18-19(27)25-21(24)29-18/h4-11H,12H2,1-3H3,(H2,24,25,27)/b18-16+. The Labute approximate surface area is 173 Å². The van der Waals surface area contributed by atoms with Crippen molar-refractivity contribution < 1.29 is 9.59 Å². The van der Waals surface area contributed by atoms with Crippen molar-refractivity contribution in [1.82, 2.24) is 0 Å². The van der Waals surface area contributed by atoms with Crippen LogP contribution in [0.5, 0.6) is 0 Å². The molecule has 0 bridgehead atoms. The third-order valence-corrected chi connectivity index (χ3v) is 7.07. The average molecular weight is 404 g/mol. The smallest absolute Gasteiger partial charge is 0.287 e. The number of amides is 2. The van der Waals surface area contributed by atoms with Crippen LogP contribution >= 0.6 is 11.8 Å². The van der Waals surface area contributed by atoms with Crippen molar-refractivity contribution in [2.24, 2.45) is 10.7 Å². The van der Waals surface area contributed by atoms with Crippen LogP contribution < -0.4 is 10.6 Å². The Hall–Kier alpha value is -2.86. The minimum atomic E-state index is -0.433. The van der Waals surface area contributed by atoms with Crippen LogP contribution in [0.3, 0.4) is 0 Å². The van der Waals surface area contributed by atoms with Crippen molar-refractivity contribution in [2.75, 3.05) is 4.90 Å². The van der Waals surface area contributed by atoms with Gasteiger partial charge in [0.1, 0.15) is 0 Å². The topological polar surface area (TPSA) is 75.8 Å². The normalized spacial score (nSPS) is 27.3. The second-order valence-electron chi connectivity index (χ2n) is 8.59. The summed E-state index contributed by atoms with van der Waals surface area (Å²) >= 11 is 1.08. The molecule has 0 saturated heterocycles. The molecule has 2 aromatic rings. The first kappa shape index (κ1) is 18.2. The van der Waals surface area contributed by atoms with Crippen molar-refractivity contribution in [2.45, 2.75) is 38.1 Å². The Morgan fingerprint density at radius 2 is 1.76 bits per heavy atom. The molecule has 1 atom stereocenters. The van der Waals surface area contributed by atoms with Gasteiger partial charge in [0, 0.05) is 16.5 Å². The van der Waals surface area contributed by atoms with Crippen molar-refractivity contribution in [3.05, 3.63) is 70.1 Å². The van der Waals surface area contributed by atoms with Crippen LogP contribution in [0.25, 0.3) is 5.57 Å². The summed E-state index contributed by atoms with van der Waals surface area (Å²) in [5.74, 6) is -0.578. The van der Waals surface area contributed by atoms with Gasteiger partial charge in [-0.15, -0.1) is 0 Å². The zero-order valence-corrected chi connectivity index (χ0v) is 17.3. The third kappa shape index (κ3) is 2.38. The maximum Gasteiger partial charge on any atom is 0.287 e. The quantitative estimate of drug-likeness (QED) is 0.735. The number of nitrogens with two attached hydrogens (primary N) is 1. The van der Waals surface area contributed by atoms with Gasteiger partial charge < -0.3 is 10.6 Å². The maximum atomic E-state index is 13.6. The number of amidine groups is 1. The summed E-state index contributed by atoms with van der Waals surface area (Å²) in [5.41, 5.74) is 9.53. The Kier molecular flexibility index (Phi) is 3.65. The number of anilines is 1. The highest BCUT2D eigenvalue weighted by molar-refractivity contribution is 8.18. The van der Waals surface area contributed by atoms with E-state index in [4.69, 9.17) is 5.73 Å². The lowest BCUT2D eigenvalue weighted by Gasteiger charge is -2.49. The molecule has 0 saturated carbocycles. The molecular formula is C23H21N3O2S. The fourth-order valence-corrected chi connectivity index (χ4v) is 5.91. The first-order valence-electron chi connectivity index (χ1n) is 9.59. The molecule has 1 unspecified atom stereocenters. The van der Waals surface area contributed by atoms with E-state index in [2.05, 4.69) is 56.1 Å². The third-order valence-electron chi connectivity index (χ3n) is 6.18. The Morgan fingerprint density at radius 3 is 2.41 bits per heavy atom. The molecule has 5 nitrogen and oxygen atoms in total. The molecule has 0 aliphatic carbocycles. The van der Waals surface area contributed by atoms with Crippen molar-refractivity contribution in [1.29, 1.82) is 0 Å². The van der Waals surface area contributed by atoms with Gasteiger partial charge in [-0.1, -0.05) is 55.5 Å². The monoisotopic (exact) mass is 403 g/mol. The van der Waals surface area contributed by atoms with E-state index in [1.807, 2.05) is 23.1 Å². The molecule has 3 heterocycles. The lowest BCUT2D eigenvalue weighted by atomic mass is 9.65. The Morgan fingerprint density at radius 1 is 1.03 bits per heavy atom. The summed E-state index contributed by atoms with van der Waals surface area (Å²) in [6, 6.07) is 16.4. The highest BCUT2D eigenvalue weighted by Crippen LogP contribution is 2.57. The number of aliphatic imine (C=N–C) groups is 1. The summed E-state index contributed by atoms with van der Waals surface area (Å²) in [6.45, 7) is 6.42. The molecule has 2 N–H and O–H groups in total. The van der Waals surface area contributed by atoms with Crippen molar-refractivity contribution >= 4 is 40.0 Å². The van der Waals surface area contributed by atoms with Crippen molar-refractivity contribution in [3.8, 4) is 0 Å². The predicted molar refractivity (Wildman–Crippen MR) is 117 cm³/mol. The molecule has 2 amide bonds. The van der Waals surface area contributed by atoms with Crippen LogP contribution in [0.2, 0.25) is 0 Å². The zero-order valence-electron chi connectivity index (χ0n) is 16.5. The molecule has 0 aromatic heterocycles. The van der Waals surface area contributed by atoms with Gasteiger partial charge in [-0.2, -0.15) is 4.99 Å². The van der Waals surface area contributed by atoms with Crippen molar-refractivity contribution in [3.63, 3.8) is 0 Å². The molecule has 2 aromatic carbocycles. The van der Waals surface area contributed by atoms with Gasteiger partial charge in [0.15, 0.2) is 5.17 Å². The first-order chi connectivity index (χ1) is 13.7. The molecule has 146 valence electrons. The van der Waals surface area contributed by atoms with Crippen LogP contribution in [-0.4, -0.2) is 22.5 Å². The number of thioether (sulfide) groups is 1. The fourth-order valence-electron chi connectivity index (χ4n) is 5.14. The number of carbonyl (C=O) groups is 2. The average Bonchev–Trinajstić information content (AvgIpc) is 3.16. The number of para-hydroxylation sites is 1. The van der Waals surface area contributed by atoms with E-state index in [1.165, 1.54) is 5.56 Å². The number of hydrogen-bond acceptors (Lipinski definition) is 4. The van der Waals surface area contributed by atoms with E-state index >= 15 is 0 Å². The first-order valence-corrected chi connectivity index (χ1v) is 10.4. The molecule has 6 heteroatoms. The zero-order chi connectivity index (χ0) is 20.6. The van der Waals surface area contributed by atoms with E-state index in [-0.39, 0.29) is 16.5 Å². The Bertz CT molecular complexity index is 1150. The second-order valence-corrected chi connectivity index (χ2v) is 9.62. The summed E-state index contributed by atoms with van der Waals surface area (Å²) in [5, 5.41) is 0.185. The number of rotatable bonds is 1. The van der Waals surface area contributed by atoms with Gasteiger partial charge in [-0.05, 0) is 43.2 Å². The molecule has 5 rings (SSSR count). The maximum absolute atomic E-state index is 13.6. The fraction of sp³-hybridized carbons (Fsp3) is 0.261. The van der Waals surface area contributed by atoms with E-state index in [0.717, 1.165) is 35.0 Å². The number of benzene rings is 2. The molecule has 0 radical (unpaired) electrons. The molecule has 0 fully saturated rings. The summed E-state index contributed by atoms with van der Waals surface area (Å²) in [4.78, 5) is 32.0. The van der Waals surface area contributed by atoms with E-state index in [1.54, 1.807) is 0 Å². The van der Waals surface area contributed by atoms with Crippen LogP contribution in [0.15, 0.2) is 58.4 Å². The largest absolute Gasteiger partial charge is 0.378 e. The van der Waals surface area contributed by atoms with Gasteiger partial charge in [0.05, 0.1) is 16.2 Å². The Balaban J connectivity index is 1.81. The van der Waals surface area contributed by atoms with Crippen LogP contribution in [0.1, 0.15) is 43.9 Å². The second kappa shape index (κ2) is 5.83. The molecule has 3 aliphatic rings. The summed E-state index contributed by atoms with van der Waals surface area (Å²) in [6.07, 6.45) is 0.772. The minimum Gasteiger partial charge on any atom is -0.378 e. The lowest BCUT2D eigenvalue weighted by molar-refractivity contribution is -0.115. The number of nitrogens with zero attached hydrogens (tertiary/aromatic N) is 2. The summed E-state index contributed by atoms with van der Waals surface area (Å²) < 4.78 is 0. The number of hydrogen-bond donors (Lipinski definition) is 1. The minimum absolute atomic E-state index is 0.145. The predicted octanol–water partition coefficient (Wildman–Crippen LogP) is 3.82. The summed E-state index contributed by atoms with van der Waals surface area (Å²) in [7, 11) is 0. The van der Waals surface area contributed by atoms with Gasteiger partial charge in [-0.3, -0.25) is 9.59 Å². The molecule has 0 spiro atoms. The van der Waals surface area contributed by atoms with Gasteiger partial charge in [0.2, 0.25) is 0 Å². The molecule has 29 heavy (non-hydrogen) atoms. The van der Waals surface area contributed by atoms with Crippen LogP contribution in [0, 0.1) is 0 Å². The van der Waals surface area contributed by atoms with E-state index in [0.29, 0.717) is 10.5 Å². The van der Waals surface area contributed by atoms with Gasteiger partial charge in [-0.25, -0.2) is 0 Å². The van der Waals surface area contributed by atoms with E-state index in [9.17, 15) is 9.59 Å². The molecule has 3 aliphatic heterocycles. The van der Waals surface area contributed by atoms with Crippen LogP contribution in [0.4, 0.5) is 5.69 Å². The molecular weight excluding hydrogens is 382 g/mol. The highest BCUT2D eigenvalue weighted by Gasteiger charge is 2.53.